The fourth-order valence-electron chi connectivity index (χ4n) is 2.08. The van der Waals surface area contributed by atoms with Crippen LogP contribution < -0.4 is 10.6 Å². The van der Waals surface area contributed by atoms with E-state index in [-0.39, 0.29) is 17.1 Å². The third-order valence-corrected chi connectivity index (χ3v) is 4.50. The molecule has 112 valence electrons. The molecular weight excluding hydrogens is 298 g/mol. The smallest absolute Gasteiger partial charge is 0.256 e. The normalized spacial score (nSPS) is 16.6. The number of rotatable bonds is 2. The molecule has 5 nitrogen and oxygen atoms in total. The number of anilines is 2. The highest BCUT2D eigenvalue weighted by molar-refractivity contribution is 8.00. The summed E-state index contributed by atoms with van der Waals surface area (Å²) >= 11 is 1.49. The summed E-state index contributed by atoms with van der Waals surface area (Å²) in [7, 11) is 0. The second-order valence-corrected chi connectivity index (χ2v) is 6.52. The Labute approximate surface area is 132 Å². The van der Waals surface area contributed by atoms with Gasteiger partial charge in [-0.2, -0.15) is 0 Å². The van der Waals surface area contributed by atoms with Crippen LogP contribution in [0.4, 0.5) is 11.5 Å². The van der Waals surface area contributed by atoms with Gasteiger partial charge in [-0.3, -0.25) is 9.59 Å². The van der Waals surface area contributed by atoms with Crippen LogP contribution >= 0.6 is 11.8 Å². The SMILES string of the molecule is Cc1ccc(NC(=O)c2ccc3c(c2)NC(=O)[C@H](C)S3)nc1. The first-order valence-corrected chi connectivity index (χ1v) is 7.76. The molecule has 0 aliphatic carbocycles. The summed E-state index contributed by atoms with van der Waals surface area (Å²) in [5.74, 6) is 0.202. The van der Waals surface area contributed by atoms with Crippen LogP contribution in [0.2, 0.25) is 0 Å². The number of aromatic nitrogens is 1. The third-order valence-electron chi connectivity index (χ3n) is 3.33. The predicted octanol–water partition coefficient (Wildman–Crippen LogP) is 3.08. The van der Waals surface area contributed by atoms with Crippen molar-refractivity contribution >= 4 is 35.1 Å². The first-order valence-electron chi connectivity index (χ1n) is 6.88. The molecular formula is C16H15N3O2S. The standard InChI is InChI=1S/C16H15N3O2S/c1-9-3-6-14(17-8-9)19-16(21)11-4-5-13-12(7-11)18-15(20)10(2)22-13/h3-8,10H,1-2H3,(H,18,20)(H,17,19,21)/t10-/m0/s1. The summed E-state index contributed by atoms with van der Waals surface area (Å²) in [5.41, 5.74) is 2.19. The number of hydrogen-bond donors (Lipinski definition) is 2. The Balaban J connectivity index is 1.80. The molecule has 2 amide bonds. The fraction of sp³-hybridized carbons (Fsp3) is 0.188. The van der Waals surface area contributed by atoms with Crippen molar-refractivity contribution < 1.29 is 9.59 Å². The molecule has 6 heteroatoms. The molecule has 1 atom stereocenters. The molecule has 1 aromatic carbocycles. The molecule has 0 spiro atoms. The van der Waals surface area contributed by atoms with Crippen molar-refractivity contribution in [3.8, 4) is 0 Å². The van der Waals surface area contributed by atoms with Crippen LogP contribution in [0.25, 0.3) is 0 Å². The maximum atomic E-state index is 12.3. The van der Waals surface area contributed by atoms with Crippen LogP contribution in [0.3, 0.4) is 0 Å². The van der Waals surface area contributed by atoms with E-state index in [1.807, 2.05) is 26.0 Å². The van der Waals surface area contributed by atoms with Crippen LogP contribution in [-0.2, 0) is 4.79 Å². The van der Waals surface area contributed by atoms with Gasteiger partial charge in [0.25, 0.3) is 5.91 Å². The predicted molar refractivity (Wildman–Crippen MR) is 87.3 cm³/mol. The number of benzene rings is 1. The quantitative estimate of drug-likeness (QED) is 0.894. The van der Waals surface area contributed by atoms with Gasteiger partial charge >= 0.3 is 0 Å². The minimum Gasteiger partial charge on any atom is -0.324 e. The lowest BCUT2D eigenvalue weighted by Crippen LogP contribution is -2.26. The monoisotopic (exact) mass is 313 g/mol. The van der Waals surface area contributed by atoms with E-state index in [1.165, 1.54) is 11.8 Å². The summed E-state index contributed by atoms with van der Waals surface area (Å²) in [6.45, 7) is 3.79. The maximum Gasteiger partial charge on any atom is 0.256 e. The molecule has 0 radical (unpaired) electrons. The molecule has 1 aromatic heterocycles. The van der Waals surface area contributed by atoms with Crippen molar-refractivity contribution in [2.24, 2.45) is 0 Å². The third kappa shape index (κ3) is 2.96. The molecule has 0 unspecified atom stereocenters. The van der Waals surface area contributed by atoms with Crippen LogP contribution in [0, 0.1) is 6.92 Å². The molecule has 0 fully saturated rings. The Bertz CT molecular complexity index is 744. The lowest BCUT2D eigenvalue weighted by atomic mass is 10.1. The van der Waals surface area contributed by atoms with Crippen molar-refractivity contribution in [2.45, 2.75) is 24.0 Å². The topological polar surface area (TPSA) is 71.1 Å². The summed E-state index contributed by atoms with van der Waals surface area (Å²) in [6.07, 6.45) is 1.70. The minimum atomic E-state index is -0.253. The van der Waals surface area contributed by atoms with E-state index in [0.29, 0.717) is 17.1 Å². The largest absolute Gasteiger partial charge is 0.324 e. The van der Waals surface area contributed by atoms with Gasteiger partial charge < -0.3 is 10.6 Å². The van der Waals surface area contributed by atoms with Crippen LogP contribution in [-0.4, -0.2) is 22.0 Å². The average molecular weight is 313 g/mol. The molecule has 1 aliphatic rings. The van der Waals surface area contributed by atoms with Crippen LogP contribution in [0.15, 0.2) is 41.4 Å². The van der Waals surface area contributed by atoms with E-state index in [0.717, 1.165) is 10.5 Å². The van der Waals surface area contributed by atoms with Gasteiger partial charge in [0.1, 0.15) is 5.82 Å². The lowest BCUT2D eigenvalue weighted by Gasteiger charge is -2.21. The second-order valence-electron chi connectivity index (χ2n) is 5.14. The van der Waals surface area contributed by atoms with Crippen molar-refractivity contribution in [3.63, 3.8) is 0 Å². The van der Waals surface area contributed by atoms with Crippen molar-refractivity contribution in [3.05, 3.63) is 47.7 Å². The van der Waals surface area contributed by atoms with Gasteiger partial charge in [-0.1, -0.05) is 6.07 Å². The molecule has 2 heterocycles. The van der Waals surface area contributed by atoms with E-state index >= 15 is 0 Å². The number of carbonyl (C=O) groups excluding carboxylic acids is 2. The Morgan fingerprint density at radius 2 is 2.14 bits per heavy atom. The molecule has 0 bridgehead atoms. The fourth-order valence-corrected chi connectivity index (χ4v) is 3.01. The molecule has 2 N–H and O–H groups in total. The highest BCUT2D eigenvalue weighted by Crippen LogP contribution is 2.35. The summed E-state index contributed by atoms with van der Waals surface area (Å²) in [6, 6.07) is 8.93. The zero-order valence-electron chi connectivity index (χ0n) is 12.2. The van der Waals surface area contributed by atoms with Crippen molar-refractivity contribution in [1.82, 2.24) is 4.98 Å². The van der Waals surface area contributed by atoms with Crippen LogP contribution in [0.1, 0.15) is 22.8 Å². The number of nitrogens with one attached hydrogen (secondary N) is 2. The molecule has 2 aromatic rings. The van der Waals surface area contributed by atoms with Gasteiger partial charge in [0.15, 0.2) is 0 Å². The number of thioether (sulfide) groups is 1. The number of nitrogens with zero attached hydrogens (tertiary/aromatic N) is 1. The molecule has 0 saturated heterocycles. The maximum absolute atomic E-state index is 12.3. The highest BCUT2D eigenvalue weighted by atomic mass is 32.2. The first-order chi connectivity index (χ1) is 10.5. The summed E-state index contributed by atoms with van der Waals surface area (Å²) in [4.78, 5) is 29.1. The Kier molecular flexibility index (Phi) is 3.85. The number of fused-ring (bicyclic) bond motifs is 1. The van der Waals surface area contributed by atoms with Gasteiger partial charge in [-0.05, 0) is 43.7 Å². The first kappa shape index (κ1) is 14.6. The van der Waals surface area contributed by atoms with Crippen molar-refractivity contribution in [2.75, 3.05) is 10.6 Å². The Morgan fingerprint density at radius 1 is 1.32 bits per heavy atom. The molecule has 3 rings (SSSR count). The van der Waals surface area contributed by atoms with Gasteiger partial charge in [0.05, 0.1) is 10.9 Å². The second kappa shape index (κ2) is 5.81. The number of hydrogen-bond acceptors (Lipinski definition) is 4. The van der Waals surface area contributed by atoms with E-state index in [4.69, 9.17) is 0 Å². The van der Waals surface area contributed by atoms with E-state index in [2.05, 4.69) is 15.6 Å². The number of aryl methyl sites for hydroxylation is 1. The van der Waals surface area contributed by atoms with E-state index in [9.17, 15) is 9.59 Å². The van der Waals surface area contributed by atoms with E-state index in [1.54, 1.807) is 24.4 Å². The zero-order valence-corrected chi connectivity index (χ0v) is 13.0. The van der Waals surface area contributed by atoms with Crippen molar-refractivity contribution in [1.29, 1.82) is 0 Å². The Morgan fingerprint density at radius 3 is 2.86 bits per heavy atom. The van der Waals surface area contributed by atoms with E-state index < -0.39 is 0 Å². The lowest BCUT2D eigenvalue weighted by molar-refractivity contribution is -0.115. The van der Waals surface area contributed by atoms with Gasteiger partial charge in [0, 0.05) is 16.7 Å². The summed E-state index contributed by atoms with van der Waals surface area (Å²) in [5, 5.41) is 5.44. The minimum absolute atomic E-state index is 0.0461. The highest BCUT2D eigenvalue weighted by Gasteiger charge is 2.23. The van der Waals surface area contributed by atoms with Gasteiger partial charge in [-0.25, -0.2) is 4.98 Å². The molecule has 0 saturated carbocycles. The van der Waals surface area contributed by atoms with Crippen LogP contribution in [0.5, 0.6) is 0 Å². The number of carbonyl (C=O) groups is 2. The molecule has 1 aliphatic heterocycles. The number of pyridine rings is 1. The van der Waals surface area contributed by atoms with Gasteiger partial charge in [0.2, 0.25) is 5.91 Å². The Hall–Kier alpha value is -2.34. The van der Waals surface area contributed by atoms with Gasteiger partial charge in [-0.15, -0.1) is 11.8 Å². The zero-order chi connectivity index (χ0) is 15.7. The molecule has 22 heavy (non-hydrogen) atoms. The summed E-state index contributed by atoms with van der Waals surface area (Å²) < 4.78 is 0. The average Bonchev–Trinajstić information content (AvgIpc) is 2.50. The number of amides is 2.